The summed E-state index contributed by atoms with van der Waals surface area (Å²) in [6.45, 7) is 16.5. The Labute approximate surface area is 399 Å². The fraction of sp³-hybridized carbons (Fsp3) is 0.200. The highest BCUT2D eigenvalue weighted by molar-refractivity contribution is 7.26. The quantitative estimate of drug-likeness (QED) is 0.170. The molecular weight excluding hydrogens is 827 g/mol. The number of benzene rings is 8. The molecule has 0 saturated heterocycles. The molecule has 0 fully saturated rings. The summed E-state index contributed by atoms with van der Waals surface area (Å²) in [5.74, 6) is 0.335. The van der Waals surface area contributed by atoms with Crippen LogP contribution in [0.25, 0.3) is 59.1 Å². The zero-order valence-electron chi connectivity index (χ0n) is 39.6. The van der Waals surface area contributed by atoms with Crippen LogP contribution in [0.2, 0.25) is 0 Å². The molecule has 0 bridgehead atoms. The Morgan fingerprint density at radius 2 is 1.15 bits per heavy atom. The fourth-order valence-corrected chi connectivity index (χ4v) is 13.7. The number of hydrogen-bond acceptors (Lipinski definition) is 2. The molecule has 13 rings (SSSR count). The number of fused-ring (bicyclic) bond motifs is 15. The summed E-state index contributed by atoms with van der Waals surface area (Å²) in [5, 5.41) is 2.61. The zero-order valence-corrected chi connectivity index (χ0v) is 40.4. The lowest BCUT2D eigenvalue weighted by molar-refractivity contribution is 0.585. The van der Waals surface area contributed by atoms with Crippen LogP contribution in [0.4, 0.5) is 17.1 Å². The molecule has 0 N–H and O–H groups in total. The molecule has 9 aromatic rings. The van der Waals surface area contributed by atoms with Gasteiger partial charge < -0.3 is 4.90 Å². The Morgan fingerprint density at radius 1 is 0.522 bits per heavy atom. The largest absolute Gasteiger partial charge is 0.308 e. The predicted octanol–water partition coefficient (Wildman–Crippen LogP) is 18.4. The van der Waals surface area contributed by atoms with Crippen molar-refractivity contribution in [3.05, 3.63) is 226 Å². The summed E-state index contributed by atoms with van der Waals surface area (Å²) in [7, 11) is 0. The van der Waals surface area contributed by atoms with Crippen molar-refractivity contribution >= 4 is 54.1 Å². The lowest BCUT2D eigenvalue weighted by atomic mass is 9.66. The second-order valence-corrected chi connectivity index (χ2v) is 22.6. The van der Waals surface area contributed by atoms with Gasteiger partial charge in [0.1, 0.15) is 0 Å². The third-order valence-electron chi connectivity index (χ3n) is 15.8. The van der Waals surface area contributed by atoms with E-state index in [1.807, 2.05) is 11.3 Å². The van der Waals surface area contributed by atoms with Gasteiger partial charge in [0, 0.05) is 32.6 Å². The first-order chi connectivity index (χ1) is 32.4. The zero-order chi connectivity index (χ0) is 45.6. The maximum atomic E-state index is 2.60. The number of hydrogen-bond donors (Lipinski definition) is 0. The van der Waals surface area contributed by atoms with E-state index < -0.39 is 0 Å². The molecule has 326 valence electrons. The highest BCUT2D eigenvalue weighted by Crippen LogP contribution is 2.65. The molecule has 8 aromatic carbocycles. The summed E-state index contributed by atoms with van der Waals surface area (Å²) in [6.07, 6.45) is 6.95. The molecule has 0 aliphatic heterocycles. The fourth-order valence-electron chi connectivity index (χ4n) is 12.5. The van der Waals surface area contributed by atoms with Crippen LogP contribution < -0.4 is 4.90 Å². The molecule has 4 aliphatic carbocycles. The van der Waals surface area contributed by atoms with Crippen LogP contribution in [0, 0.1) is 0 Å². The van der Waals surface area contributed by atoms with Gasteiger partial charge in [0.15, 0.2) is 0 Å². The summed E-state index contributed by atoms with van der Waals surface area (Å²) >= 11 is 1.91. The molecule has 1 heterocycles. The minimum Gasteiger partial charge on any atom is -0.308 e. The van der Waals surface area contributed by atoms with Gasteiger partial charge in [0.25, 0.3) is 0 Å². The lowest BCUT2D eigenvalue weighted by Crippen LogP contribution is -2.29. The van der Waals surface area contributed by atoms with Crippen LogP contribution in [-0.4, -0.2) is 0 Å². The first-order valence-corrected chi connectivity index (χ1v) is 25.1. The number of thiophene rings is 1. The molecule has 0 radical (unpaired) electrons. The molecule has 0 amide bonds. The standard InChI is InChI=1S/C65H55NS/c1-39-43-18-8-9-22-50(43)61-44(39)23-16-24-51(61)48-20-11-14-27-58(48)66(59-28-17-25-52-49-21-12-15-29-60(49)67-62(52)59)42-32-35-55-53(38-42)45-19-10-13-26-54(45)65(55)56-36-40(63(2,3)4)30-33-46(56)47-34-31-41(37-57(47)65)64(5,6)7/h8-12,14-25,27-39H,13,26H2,1-7H3. The van der Waals surface area contributed by atoms with Crippen LogP contribution in [0.3, 0.4) is 0 Å². The molecule has 67 heavy (non-hydrogen) atoms. The number of anilines is 3. The van der Waals surface area contributed by atoms with Crippen LogP contribution in [0.15, 0.2) is 182 Å². The van der Waals surface area contributed by atoms with Crippen molar-refractivity contribution < 1.29 is 0 Å². The van der Waals surface area contributed by atoms with Gasteiger partial charge in [-0.3, -0.25) is 0 Å². The van der Waals surface area contributed by atoms with Gasteiger partial charge in [-0.25, -0.2) is 0 Å². The summed E-state index contributed by atoms with van der Waals surface area (Å²) in [4.78, 5) is 2.60. The van der Waals surface area contributed by atoms with Crippen LogP contribution in [0.5, 0.6) is 0 Å². The highest BCUT2D eigenvalue weighted by Gasteiger charge is 2.53. The number of allylic oxidation sites excluding steroid dienone is 4. The second-order valence-electron chi connectivity index (χ2n) is 21.5. The molecular formula is C65H55NS. The van der Waals surface area contributed by atoms with Crippen LogP contribution >= 0.6 is 11.3 Å². The lowest BCUT2D eigenvalue weighted by Gasteiger charge is -2.35. The van der Waals surface area contributed by atoms with E-state index in [9.17, 15) is 0 Å². The Bertz CT molecular complexity index is 3570. The van der Waals surface area contributed by atoms with Gasteiger partial charge in [0.05, 0.1) is 21.5 Å². The molecule has 0 saturated carbocycles. The Morgan fingerprint density at radius 3 is 1.91 bits per heavy atom. The van der Waals surface area contributed by atoms with Gasteiger partial charge in [-0.1, -0.05) is 194 Å². The molecule has 2 heteroatoms. The summed E-state index contributed by atoms with van der Waals surface area (Å²) in [5.41, 5.74) is 25.3. The smallest absolute Gasteiger partial charge is 0.0688 e. The number of para-hydroxylation sites is 1. The van der Waals surface area contributed by atoms with E-state index in [2.05, 4.69) is 229 Å². The van der Waals surface area contributed by atoms with E-state index in [0.717, 1.165) is 12.8 Å². The Kier molecular flexibility index (Phi) is 8.70. The van der Waals surface area contributed by atoms with Crippen molar-refractivity contribution in [3.8, 4) is 33.4 Å². The minimum atomic E-state index is -0.385. The summed E-state index contributed by atoms with van der Waals surface area (Å²) in [6, 6.07) is 63.4. The van der Waals surface area contributed by atoms with Gasteiger partial charge in [0.2, 0.25) is 0 Å². The third-order valence-corrected chi connectivity index (χ3v) is 17.0. The molecule has 1 unspecified atom stereocenters. The SMILES string of the molecule is CC1c2ccccc2-c2c(-c3ccccc3N(c3ccc4c(c3)C3=C(CCC=C3)C43c4cc(C(C)(C)C)ccc4-c4ccc(C(C)(C)C)cc43)c3cccc4c3sc3ccccc34)cccc21. The topological polar surface area (TPSA) is 3.24 Å². The van der Waals surface area contributed by atoms with Gasteiger partial charge in [-0.2, -0.15) is 0 Å². The number of rotatable bonds is 4. The van der Waals surface area contributed by atoms with E-state index in [1.54, 1.807) is 5.57 Å². The third kappa shape index (κ3) is 5.72. The van der Waals surface area contributed by atoms with Crippen molar-refractivity contribution in [2.45, 2.75) is 83.5 Å². The highest BCUT2D eigenvalue weighted by atomic mass is 32.1. The average molecular weight is 882 g/mol. The summed E-state index contributed by atoms with van der Waals surface area (Å²) < 4.78 is 2.61. The van der Waals surface area contributed by atoms with E-state index in [0.29, 0.717) is 5.92 Å². The van der Waals surface area contributed by atoms with E-state index in [4.69, 9.17) is 0 Å². The predicted molar refractivity (Wildman–Crippen MR) is 287 cm³/mol. The number of nitrogens with zero attached hydrogens (tertiary/aromatic N) is 1. The van der Waals surface area contributed by atoms with Crippen molar-refractivity contribution in [1.82, 2.24) is 0 Å². The molecule has 4 aliphatic rings. The van der Waals surface area contributed by atoms with Crippen molar-refractivity contribution in [1.29, 1.82) is 0 Å². The average Bonchev–Trinajstić information content (AvgIpc) is 4.05. The van der Waals surface area contributed by atoms with E-state index >= 15 is 0 Å². The Hall–Kier alpha value is -6.74. The Balaban J connectivity index is 1.10. The molecule has 1 aromatic heterocycles. The molecule has 1 atom stereocenters. The van der Waals surface area contributed by atoms with Gasteiger partial charge >= 0.3 is 0 Å². The monoisotopic (exact) mass is 881 g/mol. The van der Waals surface area contributed by atoms with Gasteiger partial charge in [-0.15, -0.1) is 11.3 Å². The normalized spacial score (nSPS) is 16.3. The van der Waals surface area contributed by atoms with Crippen molar-refractivity contribution in [3.63, 3.8) is 0 Å². The van der Waals surface area contributed by atoms with Gasteiger partial charge in [-0.05, 0) is 137 Å². The molecule has 1 spiro atoms. The van der Waals surface area contributed by atoms with Crippen LogP contribution in [-0.2, 0) is 16.2 Å². The maximum Gasteiger partial charge on any atom is 0.0688 e. The van der Waals surface area contributed by atoms with E-state index in [-0.39, 0.29) is 16.2 Å². The van der Waals surface area contributed by atoms with E-state index in [1.165, 1.54) is 121 Å². The van der Waals surface area contributed by atoms with Crippen molar-refractivity contribution in [2.75, 3.05) is 4.90 Å². The second kappa shape index (κ2) is 14.4. The first kappa shape index (κ1) is 40.5. The van der Waals surface area contributed by atoms with Crippen LogP contribution in [0.1, 0.15) is 112 Å². The first-order valence-electron chi connectivity index (χ1n) is 24.3. The maximum absolute atomic E-state index is 2.60. The minimum absolute atomic E-state index is 0.0109. The van der Waals surface area contributed by atoms with Crippen molar-refractivity contribution in [2.24, 2.45) is 0 Å². The molecule has 1 nitrogen and oxygen atoms in total.